The zero-order valence-electron chi connectivity index (χ0n) is 11.2. The second-order valence-electron chi connectivity index (χ2n) is 5.17. The molecular formula is C14H16F3NO3. The van der Waals surface area contributed by atoms with E-state index in [-0.39, 0.29) is 17.2 Å². The fraction of sp³-hybridized carbons (Fsp3) is 0.500. The van der Waals surface area contributed by atoms with Crippen molar-refractivity contribution in [2.45, 2.75) is 38.0 Å². The number of hydrogen-bond acceptors (Lipinski definition) is 3. The van der Waals surface area contributed by atoms with Gasteiger partial charge in [-0.05, 0) is 30.4 Å². The molecule has 1 aromatic carbocycles. The number of benzene rings is 1. The summed E-state index contributed by atoms with van der Waals surface area (Å²) in [7, 11) is 0. The lowest BCUT2D eigenvalue weighted by atomic mass is 9.84. The summed E-state index contributed by atoms with van der Waals surface area (Å²) in [6.07, 6.45) is -1.54. The van der Waals surface area contributed by atoms with Gasteiger partial charge in [0.1, 0.15) is 0 Å². The Morgan fingerprint density at radius 1 is 1.33 bits per heavy atom. The average molecular weight is 303 g/mol. The summed E-state index contributed by atoms with van der Waals surface area (Å²) < 4.78 is 40.8. The van der Waals surface area contributed by atoms with Gasteiger partial charge in [0.05, 0.1) is 11.6 Å². The third kappa shape index (κ3) is 3.59. The van der Waals surface area contributed by atoms with Gasteiger partial charge in [-0.15, -0.1) is 13.2 Å². The summed E-state index contributed by atoms with van der Waals surface area (Å²) in [4.78, 5) is 11.5. The topological polar surface area (TPSA) is 72.5 Å². The molecule has 1 unspecified atom stereocenters. The summed E-state index contributed by atoms with van der Waals surface area (Å²) in [5, 5.41) is 9.42. The zero-order chi connectivity index (χ0) is 15.6. The van der Waals surface area contributed by atoms with Gasteiger partial charge in [0, 0.05) is 0 Å². The minimum atomic E-state index is -4.86. The number of rotatable bonds is 4. The van der Waals surface area contributed by atoms with E-state index in [4.69, 9.17) is 5.73 Å². The second-order valence-corrected chi connectivity index (χ2v) is 5.17. The molecule has 1 fully saturated rings. The number of carboxylic acid groups (broad SMARTS) is 1. The molecular weight excluding hydrogens is 287 g/mol. The van der Waals surface area contributed by atoms with Crippen molar-refractivity contribution in [2.75, 3.05) is 5.73 Å². The van der Waals surface area contributed by atoms with E-state index in [0.717, 1.165) is 31.7 Å². The minimum absolute atomic E-state index is 0.106. The molecule has 0 heterocycles. The Bertz CT molecular complexity index is 525. The van der Waals surface area contributed by atoms with Crippen LogP contribution in [0, 0.1) is 5.92 Å². The van der Waals surface area contributed by atoms with Crippen molar-refractivity contribution in [3.05, 3.63) is 23.8 Å². The van der Waals surface area contributed by atoms with Gasteiger partial charge in [-0.2, -0.15) is 0 Å². The summed E-state index contributed by atoms with van der Waals surface area (Å²) in [5.41, 5.74) is 5.64. The highest BCUT2D eigenvalue weighted by Gasteiger charge is 2.36. The maximum atomic E-state index is 12.3. The van der Waals surface area contributed by atoms with E-state index in [1.165, 1.54) is 12.1 Å². The Morgan fingerprint density at radius 3 is 2.48 bits per heavy atom. The van der Waals surface area contributed by atoms with E-state index in [1.807, 2.05) is 0 Å². The van der Waals surface area contributed by atoms with Crippen LogP contribution in [0.2, 0.25) is 0 Å². The summed E-state index contributed by atoms with van der Waals surface area (Å²) in [6, 6.07) is 3.87. The maximum absolute atomic E-state index is 12.3. The summed E-state index contributed by atoms with van der Waals surface area (Å²) in [5.74, 6) is -2.63. The molecule has 1 saturated carbocycles. The predicted molar refractivity (Wildman–Crippen MR) is 69.9 cm³/mol. The molecule has 1 atom stereocenters. The molecule has 0 aliphatic heterocycles. The number of nitrogen functional groups attached to an aromatic ring is 1. The van der Waals surface area contributed by atoms with Gasteiger partial charge in [-0.3, -0.25) is 4.79 Å². The van der Waals surface area contributed by atoms with Crippen LogP contribution in [0.5, 0.6) is 5.75 Å². The Morgan fingerprint density at radius 2 is 1.95 bits per heavy atom. The molecule has 1 aliphatic rings. The van der Waals surface area contributed by atoms with Crippen molar-refractivity contribution in [2.24, 2.45) is 5.92 Å². The largest absolute Gasteiger partial charge is 0.573 e. The van der Waals surface area contributed by atoms with Crippen LogP contribution < -0.4 is 10.5 Å². The summed E-state index contributed by atoms with van der Waals surface area (Å²) in [6.45, 7) is 0. The third-order valence-corrected chi connectivity index (χ3v) is 3.80. The molecule has 1 aromatic rings. The van der Waals surface area contributed by atoms with E-state index in [1.54, 1.807) is 0 Å². The maximum Gasteiger partial charge on any atom is 0.573 e. The van der Waals surface area contributed by atoms with Crippen molar-refractivity contribution in [1.82, 2.24) is 0 Å². The molecule has 0 spiro atoms. The lowest BCUT2D eigenvalue weighted by Crippen LogP contribution is -2.22. The first kappa shape index (κ1) is 15.5. The lowest BCUT2D eigenvalue weighted by Gasteiger charge is -2.22. The number of carboxylic acids is 1. The second kappa shape index (κ2) is 5.83. The molecule has 0 bridgehead atoms. The van der Waals surface area contributed by atoms with E-state index < -0.39 is 24.0 Å². The average Bonchev–Trinajstić information content (AvgIpc) is 2.85. The van der Waals surface area contributed by atoms with E-state index in [2.05, 4.69) is 4.74 Å². The Kier molecular flexibility index (Phi) is 4.29. The monoisotopic (exact) mass is 303 g/mol. The van der Waals surface area contributed by atoms with Crippen LogP contribution in [0.3, 0.4) is 0 Å². The molecule has 2 rings (SSSR count). The number of halogens is 3. The molecule has 116 valence electrons. The van der Waals surface area contributed by atoms with Gasteiger partial charge < -0.3 is 15.6 Å². The normalized spacial score (nSPS) is 17.7. The van der Waals surface area contributed by atoms with Gasteiger partial charge in [0.15, 0.2) is 5.75 Å². The number of aliphatic carboxylic acids is 1. The highest BCUT2D eigenvalue weighted by molar-refractivity contribution is 5.80. The number of hydrogen-bond donors (Lipinski definition) is 2. The zero-order valence-corrected chi connectivity index (χ0v) is 11.2. The Balaban J connectivity index is 2.37. The van der Waals surface area contributed by atoms with Crippen molar-refractivity contribution < 1.29 is 27.8 Å². The lowest BCUT2D eigenvalue weighted by molar-refractivity contribution is -0.274. The van der Waals surface area contributed by atoms with Crippen LogP contribution in [-0.2, 0) is 4.79 Å². The van der Waals surface area contributed by atoms with Crippen molar-refractivity contribution >= 4 is 11.7 Å². The van der Waals surface area contributed by atoms with Crippen LogP contribution in [0.15, 0.2) is 18.2 Å². The molecule has 3 N–H and O–H groups in total. The summed E-state index contributed by atoms with van der Waals surface area (Å²) >= 11 is 0. The van der Waals surface area contributed by atoms with Crippen molar-refractivity contribution in [1.29, 1.82) is 0 Å². The van der Waals surface area contributed by atoms with Gasteiger partial charge in [-0.25, -0.2) is 0 Å². The van der Waals surface area contributed by atoms with E-state index in [0.29, 0.717) is 0 Å². The van der Waals surface area contributed by atoms with Gasteiger partial charge in [0.2, 0.25) is 0 Å². The van der Waals surface area contributed by atoms with Crippen LogP contribution in [0.1, 0.15) is 37.2 Å². The highest BCUT2D eigenvalue weighted by Crippen LogP contribution is 2.42. The number of carbonyl (C=O) groups is 1. The van der Waals surface area contributed by atoms with E-state index >= 15 is 0 Å². The van der Waals surface area contributed by atoms with Gasteiger partial charge >= 0.3 is 12.3 Å². The first-order valence-corrected chi connectivity index (χ1v) is 6.66. The first-order valence-electron chi connectivity index (χ1n) is 6.66. The van der Waals surface area contributed by atoms with Crippen molar-refractivity contribution in [3.63, 3.8) is 0 Å². The van der Waals surface area contributed by atoms with E-state index in [9.17, 15) is 23.1 Å². The smallest absolute Gasteiger partial charge is 0.481 e. The molecule has 4 nitrogen and oxygen atoms in total. The molecule has 0 saturated heterocycles. The van der Waals surface area contributed by atoms with Crippen LogP contribution in [0.25, 0.3) is 0 Å². The number of alkyl halides is 3. The molecule has 1 aliphatic carbocycles. The molecule has 21 heavy (non-hydrogen) atoms. The molecule has 0 radical (unpaired) electrons. The fourth-order valence-corrected chi connectivity index (χ4v) is 2.93. The highest BCUT2D eigenvalue weighted by atomic mass is 19.4. The Hall–Kier alpha value is -1.92. The number of nitrogens with two attached hydrogens (primary N) is 1. The fourth-order valence-electron chi connectivity index (χ4n) is 2.93. The molecule has 0 aromatic heterocycles. The van der Waals surface area contributed by atoms with Gasteiger partial charge in [-0.1, -0.05) is 25.0 Å². The third-order valence-electron chi connectivity index (χ3n) is 3.80. The van der Waals surface area contributed by atoms with Crippen LogP contribution >= 0.6 is 0 Å². The van der Waals surface area contributed by atoms with Crippen LogP contribution in [0.4, 0.5) is 18.9 Å². The van der Waals surface area contributed by atoms with Gasteiger partial charge in [0.25, 0.3) is 0 Å². The number of anilines is 1. The standard InChI is InChI=1S/C14H16F3NO3/c15-14(16,17)21-10-7-3-6-9(12(10)18)11(13(19)20)8-4-1-2-5-8/h3,6-8,11H,1-2,4-5,18H2,(H,19,20). The predicted octanol–water partition coefficient (Wildman–Crippen LogP) is 3.53. The quantitative estimate of drug-likeness (QED) is 0.835. The van der Waals surface area contributed by atoms with Crippen LogP contribution in [-0.4, -0.2) is 17.4 Å². The minimum Gasteiger partial charge on any atom is -0.481 e. The Labute approximate surface area is 119 Å². The number of ether oxygens (including phenoxy) is 1. The number of para-hydroxylation sites is 1. The first-order chi connectivity index (χ1) is 9.79. The SMILES string of the molecule is Nc1c(OC(F)(F)F)cccc1C(C(=O)O)C1CCCC1. The molecule has 7 heteroatoms. The van der Waals surface area contributed by atoms with Crippen molar-refractivity contribution in [3.8, 4) is 5.75 Å². The molecule has 0 amide bonds.